The van der Waals surface area contributed by atoms with Crippen LogP contribution in [0.3, 0.4) is 0 Å². The fourth-order valence-corrected chi connectivity index (χ4v) is 3.47. The molecule has 0 unspecified atom stereocenters. The summed E-state index contributed by atoms with van der Waals surface area (Å²) >= 11 is 0. The quantitative estimate of drug-likeness (QED) is 0.454. The second kappa shape index (κ2) is 5.74. The Bertz CT molecular complexity index is 1150. The third-order valence-corrected chi connectivity index (χ3v) is 4.62. The average Bonchev–Trinajstić information content (AvgIpc) is 2.61. The molecule has 4 aromatic rings. The summed E-state index contributed by atoms with van der Waals surface area (Å²) in [7, 11) is 1.96. The lowest BCUT2D eigenvalue weighted by Crippen LogP contribution is -2.31. The van der Waals surface area contributed by atoms with Crippen LogP contribution in [0.1, 0.15) is 17.3 Å². The molecule has 4 heteroatoms. The highest BCUT2D eigenvalue weighted by Crippen LogP contribution is 2.30. The Hall–Kier alpha value is -3.14. The molecule has 0 bridgehead atoms. The predicted molar refractivity (Wildman–Crippen MR) is 98.3 cm³/mol. The van der Waals surface area contributed by atoms with Gasteiger partial charge >= 0.3 is 5.97 Å². The van der Waals surface area contributed by atoms with Gasteiger partial charge in [-0.15, -0.1) is 0 Å². The number of carboxylic acid groups (broad SMARTS) is 1. The molecular weight excluding hydrogens is 314 g/mol. The van der Waals surface area contributed by atoms with Gasteiger partial charge in [-0.3, -0.25) is 0 Å². The number of carboxylic acids is 1. The molecule has 3 aromatic carbocycles. The van der Waals surface area contributed by atoms with E-state index in [0.717, 1.165) is 32.9 Å². The molecule has 1 heterocycles. The largest absolute Gasteiger partial charge is 0.494 e. The first-order chi connectivity index (χ1) is 12.1. The first-order valence-electron chi connectivity index (χ1n) is 8.24. The summed E-state index contributed by atoms with van der Waals surface area (Å²) in [5.41, 5.74) is 2.06. The average molecular weight is 332 g/mol. The molecule has 0 aliphatic rings. The number of carbonyl (C=O) groups is 1. The number of aromatic nitrogens is 1. The first kappa shape index (κ1) is 15.4. The van der Waals surface area contributed by atoms with Crippen LogP contribution in [-0.2, 0) is 7.05 Å². The van der Waals surface area contributed by atoms with Gasteiger partial charge in [0.05, 0.1) is 29.0 Å². The minimum Gasteiger partial charge on any atom is -0.494 e. The van der Waals surface area contributed by atoms with Crippen LogP contribution < -0.4 is 9.30 Å². The van der Waals surface area contributed by atoms with E-state index in [2.05, 4.69) is 0 Å². The minimum atomic E-state index is -0.921. The molecule has 0 saturated carbocycles. The smallest absolute Gasteiger partial charge is 0.337 e. The molecule has 124 valence electrons. The summed E-state index contributed by atoms with van der Waals surface area (Å²) in [6.07, 6.45) is 0. The van der Waals surface area contributed by atoms with Crippen molar-refractivity contribution in [1.82, 2.24) is 0 Å². The summed E-state index contributed by atoms with van der Waals surface area (Å²) < 4.78 is 7.62. The Labute approximate surface area is 144 Å². The van der Waals surface area contributed by atoms with Crippen molar-refractivity contribution in [2.24, 2.45) is 7.05 Å². The number of aromatic carboxylic acids is 1. The molecule has 0 aliphatic carbocycles. The third kappa shape index (κ3) is 2.38. The van der Waals surface area contributed by atoms with Crippen molar-refractivity contribution in [3.63, 3.8) is 0 Å². The fourth-order valence-electron chi connectivity index (χ4n) is 3.47. The summed E-state index contributed by atoms with van der Waals surface area (Å²) in [4.78, 5) is 12.0. The van der Waals surface area contributed by atoms with Crippen molar-refractivity contribution in [3.8, 4) is 5.75 Å². The Morgan fingerprint density at radius 1 is 1.00 bits per heavy atom. The maximum absolute atomic E-state index is 12.0. The van der Waals surface area contributed by atoms with Gasteiger partial charge in [0.2, 0.25) is 11.0 Å². The summed E-state index contributed by atoms with van der Waals surface area (Å²) in [5, 5.41) is 13.4. The molecule has 0 saturated heterocycles. The molecular formula is C21H18NO3+. The van der Waals surface area contributed by atoms with Gasteiger partial charge < -0.3 is 9.84 Å². The lowest BCUT2D eigenvalue weighted by atomic mass is 9.99. The van der Waals surface area contributed by atoms with E-state index in [9.17, 15) is 9.90 Å². The van der Waals surface area contributed by atoms with Gasteiger partial charge in [-0.1, -0.05) is 24.3 Å². The van der Waals surface area contributed by atoms with E-state index in [-0.39, 0.29) is 0 Å². The van der Waals surface area contributed by atoms with Crippen LogP contribution in [0.15, 0.2) is 54.6 Å². The number of hydrogen-bond donors (Lipinski definition) is 1. The fraction of sp³-hybridized carbons (Fsp3) is 0.143. The standard InChI is InChI=1S/C21H17NO3/c1-3-25-15-8-9-16-19(12-15)22(2)18-11-14-7-5-4-6-13(14)10-17(18)20(16)21(23)24/h4-12H,3H2,1-2H3/p+1. The highest BCUT2D eigenvalue weighted by atomic mass is 16.5. The third-order valence-electron chi connectivity index (χ3n) is 4.62. The molecule has 0 fully saturated rings. The van der Waals surface area contributed by atoms with Crippen LogP contribution in [-0.4, -0.2) is 17.7 Å². The topological polar surface area (TPSA) is 50.4 Å². The van der Waals surface area contributed by atoms with E-state index in [0.29, 0.717) is 17.6 Å². The molecule has 4 nitrogen and oxygen atoms in total. The SMILES string of the molecule is CCOc1ccc2c(C(=O)O)c3cc4ccccc4cc3[n+](C)c2c1. The van der Waals surface area contributed by atoms with Gasteiger partial charge in [-0.25, -0.2) is 4.79 Å². The number of hydrogen-bond acceptors (Lipinski definition) is 2. The molecule has 4 rings (SSSR count). The van der Waals surface area contributed by atoms with E-state index >= 15 is 0 Å². The summed E-state index contributed by atoms with van der Waals surface area (Å²) in [6, 6.07) is 17.6. The maximum Gasteiger partial charge on any atom is 0.337 e. The molecule has 1 aromatic heterocycles. The van der Waals surface area contributed by atoms with Crippen molar-refractivity contribution in [2.45, 2.75) is 6.92 Å². The highest BCUT2D eigenvalue weighted by molar-refractivity contribution is 6.14. The molecule has 0 aliphatic heterocycles. The number of rotatable bonds is 3. The summed E-state index contributed by atoms with van der Waals surface area (Å²) in [5.74, 6) is -0.183. The van der Waals surface area contributed by atoms with Crippen molar-refractivity contribution >= 4 is 38.5 Å². The first-order valence-corrected chi connectivity index (χ1v) is 8.24. The molecule has 25 heavy (non-hydrogen) atoms. The number of ether oxygens (including phenoxy) is 1. The summed E-state index contributed by atoms with van der Waals surface area (Å²) in [6.45, 7) is 2.50. The molecule has 0 spiro atoms. The zero-order valence-corrected chi connectivity index (χ0v) is 14.1. The molecule has 0 radical (unpaired) electrons. The molecule has 0 atom stereocenters. The van der Waals surface area contributed by atoms with Crippen LogP contribution in [0.4, 0.5) is 0 Å². The van der Waals surface area contributed by atoms with Crippen LogP contribution in [0, 0.1) is 0 Å². The van der Waals surface area contributed by atoms with Crippen molar-refractivity contribution in [3.05, 3.63) is 60.2 Å². The Morgan fingerprint density at radius 2 is 1.68 bits per heavy atom. The van der Waals surface area contributed by atoms with Crippen LogP contribution >= 0.6 is 0 Å². The minimum absolute atomic E-state index is 0.330. The van der Waals surface area contributed by atoms with Gasteiger partial charge in [0.15, 0.2) is 0 Å². The molecule has 0 amide bonds. The van der Waals surface area contributed by atoms with E-state index in [4.69, 9.17) is 4.74 Å². The number of aryl methyl sites for hydroxylation is 1. The van der Waals surface area contributed by atoms with Gasteiger partial charge in [-0.2, -0.15) is 4.57 Å². The van der Waals surface area contributed by atoms with E-state index < -0.39 is 5.97 Å². The van der Waals surface area contributed by atoms with Gasteiger partial charge in [0.25, 0.3) is 0 Å². The van der Waals surface area contributed by atoms with Crippen molar-refractivity contribution in [2.75, 3.05) is 6.61 Å². The zero-order valence-electron chi connectivity index (χ0n) is 14.1. The van der Waals surface area contributed by atoms with Crippen molar-refractivity contribution < 1.29 is 19.2 Å². The second-order valence-electron chi connectivity index (χ2n) is 6.07. The Balaban J connectivity index is 2.21. The van der Waals surface area contributed by atoms with Crippen LogP contribution in [0.5, 0.6) is 5.75 Å². The number of fused-ring (bicyclic) bond motifs is 3. The predicted octanol–water partition coefficient (Wildman–Crippen LogP) is 4.07. The normalized spacial score (nSPS) is 11.3. The van der Waals surface area contributed by atoms with Gasteiger partial charge in [0, 0.05) is 6.07 Å². The second-order valence-corrected chi connectivity index (χ2v) is 6.07. The van der Waals surface area contributed by atoms with Gasteiger partial charge in [-0.05, 0) is 35.9 Å². The molecule has 1 N–H and O–H groups in total. The van der Waals surface area contributed by atoms with Crippen molar-refractivity contribution in [1.29, 1.82) is 0 Å². The Morgan fingerprint density at radius 3 is 2.36 bits per heavy atom. The zero-order chi connectivity index (χ0) is 17.6. The number of benzene rings is 3. The Kier molecular flexibility index (Phi) is 3.53. The van der Waals surface area contributed by atoms with E-state index in [1.807, 2.05) is 73.1 Å². The van der Waals surface area contributed by atoms with E-state index in [1.165, 1.54) is 0 Å². The van der Waals surface area contributed by atoms with Crippen LogP contribution in [0.25, 0.3) is 32.6 Å². The highest BCUT2D eigenvalue weighted by Gasteiger charge is 2.23. The maximum atomic E-state index is 12.0. The number of pyridine rings is 1. The van der Waals surface area contributed by atoms with Gasteiger partial charge in [0.1, 0.15) is 12.8 Å². The lowest BCUT2D eigenvalue weighted by Gasteiger charge is -2.10. The van der Waals surface area contributed by atoms with Crippen LogP contribution in [0.2, 0.25) is 0 Å². The number of nitrogens with zero attached hydrogens (tertiary/aromatic N) is 1. The monoisotopic (exact) mass is 332 g/mol. The lowest BCUT2D eigenvalue weighted by molar-refractivity contribution is -0.617. The van der Waals surface area contributed by atoms with E-state index in [1.54, 1.807) is 0 Å².